The number of aromatic hydroxyl groups is 1. The van der Waals surface area contributed by atoms with E-state index in [9.17, 15) is 9.90 Å². The van der Waals surface area contributed by atoms with Crippen molar-refractivity contribution in [1.29, 1.82) is 0 Å². The molecule has 1 heterocycles. The number of hydrogen-bond donors (Lipinski definition) is 1. The van der Waals surface area contributed by atoms with E-state index in [-0.39, 0.29) is 16.8 Å². The minimum absolute atomic E-state index is 0.0418. The Bertz CT molecular complexity index is 1200. The molecular weight excluding hydrogens is 364 g/mol. The van der Waals surface area contributed by atoms with E-state index in [0.29, 0.717) is 29.2 Å². The van der Waals surface area contributed by atoms with Crippen LogP contribution in [0.25, 0.3) is 21.9 Å². The lowest BCUT2D eigenvalue weighted by molar-refractivity contribution is 0.405. The number of hydrogen-bond acceptors (Lipinski definition) is 4. The van der Waals surface area contributed by atoms with Gasteiger partial charge in [-0.05, 0) is 65.2 Å². The highest BCUT2D eigenvalue weighted by atomic mass is 16.5. The normalized spacial score (nSPS) is 11.0. The lowest BCUT2D eigenvalue weighted by Gasteiger charge is -2.18. The zero-order chi connectivity index (χ0) is 21.3. The maximum absolute atomic E-state index is 13.4. The third kappa shape index (κ3) is 3.80. The van der Waals surface area contributed by atoms with Crippen molar-refractivity contribution < 1.29 is 14.3 Å². The molecule has 0 fully saturated rings. The average Bonchev–Trinajstić information content (AvgIpc) is 2.66. The Balaban J connectivity index is 2.53. The van der Waals surface area contributed by atoms with Crippen LogP contribution in [0.2, 0.25) is 0 Å². The quantitative estimate of drug-likeness (QED) is 0.428. The van der Waals surface area contributed by atoms with Gasteiger partial charge in [-0.3, -0.25) is 4.79 Å². The van der Waals surface area contributed by atoms with Crippen LogP contribution in [0.15, 0.2) is 50.7 Å². The molecule has 3 aromatic rings. The van der Waals surface area contributed by atoms with Gasteiger partial charge in [0.05, 0.1) is 17.9 Å². The molecule has 2 aromatic carbocycles. The number of ether oxygens (including phenoxy) is 1. The molecule has 4 heteroatoms. The van der Waals surface area contributed by atoms with E-state index in [1.807, 2.05) is 20.8 Å². The number of benzene rings is 2. The summed E-state index contributed by atoms with van der Waals surface area (Å²) in [5.41, 5.74) is 5.60. The van der Waals surface area contributed by atoms with Crippen LogP contribution in [0.4, 0.5) is 0 Å². The second kappa shape index (κ2) is 8.16. The molecule has 0 aliphatic heterocycles. The predicted molar refractivity (Wildman–Crippen MR) is 119 cm³/mol. The van der Waals surface area contributed by atoms with Crippen LogP contribution < -0.4 is 10.2 Å². The molecule has 0 aliphatic carbocycles. The van der Waals surface area contributed by atoms with Gasteiger partial charge in [-0.25, -0.2) is 0 Å². The zero-order valence-corrected chi connectivity index (χ0v) is 18.0. The third-order valence-electron chi connectivity index (χ3n) is 5.18. The van der Waals surface area contributed by atoms with Crippen LogP contribution in [0.1, 0.15) is 44.4 Å². The van der Waals surface area contributed by atoms with E-state index in [4.69, 9.17) is 9.15 Å². The Morgan fingerprint density at radius 1 is 1.03 bits per heavy atom. The van der Waals surface area contributed by atoms with Gasteiger partial charge in [0.25, 0.3) is 0 Å². The third-order valence-corrected chi connectivity index (χ3v) is 5.18. The van der Waals surface area contributed by atoms with Gasteiger partial charge in [0.2, 0.25) is 5.43 Å². The second-order valence-corrected chi connectivity index (χ2v) is 7.88. The van der Waals surface area contributed by atoms with Crippen molar-refractivity contribution in [3.05, 3.63) is 68.4 Å². The van der Waals surface area contributed by atoms with Crippen molar-refractivity contribution in [2.75, 3.05) is 7.11 Å². The number of fused-ring (bicyclic) bond motifs is 2. The van der Waals surface area contributed by atoms with E-state index in [0.717, 1.165) is 28.0 Å². The molecule has 0 saturated carbocycles. The van der Waals surface area contributed by atoms with Gasteiger partial charge < -0.3 is 14.3 Å². The highest BCUT2D eigenvalue weighted by Crippen LogP contribution is 2.38. The summed E-state index contributed by atoms with van der Waals surface area (Å²) in [5, 5.41) is 11.2. The molecule has 1 aromatic heterocycles. The molecule has 0 amide bonds. The van der Waals surface area contributed by atoms with Crippen LogP contribution in [0, 0.1) is 6.92 Å². The van der Waals surface area contributed by atoms with Crippen molar-refractivity contribution in [1.82, 2.24) is 0 Å². The van der Waals surface area contributed by atoms with Crippen LogP contribution in [-0.4, -0.2) is 12.2 Å². The summed E-state index contributed by atoms with van der Waals surface area (Å²) in [4.78, 5) is 13.4. The van der Waals surface area contributed by atoms with Crippen LogP contribution in [0.3, 0.4) is 0 Å². The summed E-state index contributed by atoms with van der Waals surface area (Å²) in [7, 11) is 1.65. The maximum atomic E-state index is 13.4. The van der Waals surface area contributed by atoms with E-state index in [1.54, 1.807) is 19.2 Å². The number of para-hydroxylation sites is 1. The molecule has 29 heavy (non-hydrogen) atoms. The fourth-order valence-electron chi connectivity index (χ4n) is 3.65. The van der Waals surface area contributed by atoms with Gasteiger partial charge in [-0.1, -0.05) is 29.4 Å². The Morgan fingerprint density at radius 3 is 2.24 bits per heavy atom. The Morgan fingerprint density at radius 2 is 1.66 bits per heavy atom. The first-order valence-electron chi connectivity index (χ1n) is 9.79. The lowest BCUT2D eigenvalue weighted by Crippen LogP contribution is -2.10. The highest BCUT2D eigenvalue weighted by molar-refractivity contribution is 5.96. The summed E-state index contributed by atoms with van der Waals surface area (Å²) in [6.07, 6.45) is 5.47. The summed E-state index contributed by atoms with van der Waals surface area (Å²) in [5.74, 6) is 0.697. The van der Waals surface area contributed by atoms with Gasteiger partial charge in [0, 0.05) is 11.1 Å². The molecule has 0 spiro atoms. The first kappa shape index (κ1) is 20.7. The molecule has 0 atom stereocenters. The summed E-state index contributed by atoms with van der Waals surface area (Å²) in [6.45, 7) is 10.1. The second-order valence-electron chi connectivity index (χ2n) is 7.88. The van der Waals surface area contributed by atoms with Crippen molar-refractivity contribution in [3.8, 4) is 11.5 Å². The standard InChI is InChI=1S/C25H28O4/c1-14(2)10-12-17-16(5)21-22(27)18-8-7-9-20(26)24(18)29-25(21)19(23(17)28-6)13-11-15(3)4/h7-11,26H,12-13H2,1-6H3. The largest absolute Gasteiger partial charge is 0.504 e. The van der Waals surface area contributed by atoms with Gasteiger partial charge in [-0.15, -0.1) is 0 Å². The Hall–Kier alpha value is -3.01. The molecule has 0 radical (unpaired) electrons. The number of phenolic OH excluding ortho intramolecular Hbond substituents is 1. The van der Waals surface area contributed by atoms with Crippen LogP contribution >= 0.6 is 0 Å². The smallest absolute Gasteiger partial charge is 0.200 e. The monoisotopic (exact) mass is 392 g/mol. The SMILES string of the molecule is COc1c(CC=C(C)C)c(C)c2c(=O)c3cccc(O)c3oc2c1CC=C(C)C. The maximum Gasteiger partial charge on any atom is 0.200 e. The van der Waals surface area contributed by atoms with Gasteiger partial charge in [0.1, 0.15) is 11.3 Å². The summed E-state index contributed by atoms with van der Waals surface area (Å²) >= 11 is 0. The number of phenols is 1. The van der Waals surface area contributed by atoms with E-state index in [1.165, 1.54) is 11.6 Å². The molecular formula is C25H28O4. The molecule has 4 nitrogen and oxygen atoms in total. The molecule has 0 aliphatic rings. The first-order valence-corrected chi connectivity index (χ1v) is 9.79. The van der Waals surface area contributed by atoms with Gasteiger partial charge in [-0.2, -0.15) is 0 Å². The molecule has 0 bridgehead atoms. The first-order chi connectivity index (χ1) is 13.8. The van der Waals surface area contributed by atoms with Crippen molar-refractivity contribution in [3.63, 3.8) is 0 Å². The molecule has 1 N–H and O–H groups in total. The topological polar surface area (TPSA) is 59.7 Å². The van der Waals surface area contributed by atoms with Crippen molar-refractivity contribution >= 4 is 21.9 Å². The lowest BCUT2D eigenvalue weighted by atomic mass is 9.92. The minimum Gasteiger partial charge on any atom is -0.504 e. The fraction of sp³-hybridized carbons (Fsp3) is 0.320. The van der Waals surface area contributed by atoms with Gasteiger partial charge in [0.15, 0.2) is 11.3 Å². The average molecular weight is 392 g/mol. The number of rotatable bonds is 5. The van der Waals surface area contributed by atoms with Crippen LogP contribution in [-0.2, 0) is 12.8 Å². The van der Waals surface area contributed by atoms with E-state index in [2.05, 4.69) is 26.0 Å². The van der Waals surface area contributed by atoms with Crippen molar-refractivity contribution in [2.24, 2.45) is 0 Å². The zero-order valence-electron chi connectivity index (χ0n) is 18.0. The minimum atomic E-state index is -0.130. The molecule has 0 unspecified atom stereocenters. The number of methoxy groups -OCH3 is 1. The Kier molecular flexibility index (Phi) is 5.83. The number of allylic oxidation sites excluding steroid dienone is 4. The number of aryl methyl sites for hydroxylation is 1. The fourth-order valence-corrected chi connectivity index (χ4v) is 3.65. The molecule has 152 valence electrons. The predicted octanol–water partition coefficient (Wildman–Crippen LogP) is 5.99. The highest BCUT2D eigenvalue weighted by Gasteiger charge is 2.22. The summed E-state index contributed by atoms with van der Waals surface area (Å²) < 4.78 is 12.0. The Labute approximate surface area is 171 Å². The molecule has 3 rings (SSSR count). The van der Waals surface area contributed by atoms with Crippen LogP contribution in [0.5, 0.6) is 11.5 Å². The molecule has 0 saturated heterocycles. The van der Waals surface area contributed by atoms with Crippen molar-refractivity contribution in [2.45, 2.75) is 47.5 Å². The van der Waals surface area contributed by atoms with E-state index < -0.39 is 0 Å². The summed E-state index contributed by atoms with van der Waals surface area (Å²) in [6, 6.07) is 4.88. The van der Waals surface area contributed by atoms with E-state index >= 15 is 0 Å². The van der Waals surface area contributed by atoms with Gasteiger partial charge >= 0.3 is 0 Å².